The van der Waals surface area contributed by atoms with Gasteiger partial charge in [-0.05, 0) is 50.0 Å². The summed E-state index contributed by atoms with van der Waals surface area (Å²) >= 11 is 11.8. The SMILES string of the molecule is CN(C)C(CNC(=O)Nc1ccc(Cl)c(Cl)c1)c1ccc(F)cc1. The van der Waals surface area contributed by atoms with Crippen LogP contribution in [0.1, 0.15) is 11.6 Å². The number of carbonyl (C=O) groups excluding carboxylic acids is 1. The van der Waals surface area contributed by atoms with Crippen LogP contribution in [0.5, 0.6) is 0 Å². The molecule has 128 valence electrons. The minimum absolute atomic E-state index is 0.0786. The van der Waals surface area contributed by atoms with Gasteiger partial charge in [-0.15, -0.1) is 0 Å². The third-order valence-corrected chi connectivity index (χ3v) is 4.25. The summed E-state index contributed by atoms with van der Waals surface area (Å²) in [4.78, 5) is 14.0. The number of likely N-dealkylation sites (N-methyl/N-ethyl adjacent to an activating group) is 1. The molecule has 0 aliphatic carbocycles. The van der Waals surface area contributed by atoms with Crippen LogP contribution in [0.4, 0.5) is 14.9 Å². The molecule has 0 radical (unpaired) electrons. The molecule has 2 rings (SSSR count). The number of hydrogen-bond donors (Lipinski definition) is 2. The molecule has 2 N–H and O–H groups in total. The molecule has 2 amide bonds. The minimum atomic E-state index is -0.359. The van der Waals surface area contributed by atoms with Gasteiger partial charge in [0.05, 0.1) is 16.1 Å². The molecule has 0 aliphatic heterocycles. The third kappa shape index (κ3) is 5.09. The van der Waals surface area contributed by atoms with Crippen molar-refractivity contribution < 1.29 is 9.18 Å². The number of halogens is 3. The highest BCUT2D eigenvalue weighted by molar-refractivity contribution is 6.42. The zero-order chi connectivity index (χ0) is 17.7. The van der Waals surface area contributed by atoms with E-state index in [0.717, 1.165) is 5.56 Å². The standard InChI is InChI=1S/C17H18Cl2FN3O/c1-23(2)16(11-3-5-12(20)6-4-11)10-21-17(24)22-13-7-8-14(18)15(19)9-13/h3-9,16H,10H2,1-2H3,(H2,21,22,24). The summed E-state index contributed by atoms with van der Waals surface area (Å²) < 4.78 is 13.1. The van der Waals surface area contributed by atoms with Gasteiger partial charge < -0.3 is 15.5 Å². The number of urea groups is 1. The molecule has 1 unspecified atom stereocenters. The lowest BCUT2D eigenvalue weighted by molar-refractivity contribution is 0.243. The molecule has 0 saturated carbocycles. The third-order valence-electron chi connectivity index (χ3n) is 3.51. The molecule has 0 saturated heterocycles. The number of hydrogen-bond acceptors (Lipinski definition) is 2. The summed E-state index contributed by atoms with van der Waals surface area (Å²) in [6, 6.07) is 10.6. The van der Waals surface area contributed by atoms with Crippen molar-refractivity contribution in [3.8, 4) is 0 Å². The van der Waals surface area contributed by atoms with Crippen LogP contribution in [0.2, 0.25) is 10.0 Å². The molecule has 7 heteroatoms. The Kier molecular flexibility index (Phi) is 6.43. The van der Waals surface area contributed by atoms with E-state index in [4.69, 9.17) is 23.2 Å². The normalized spacial score (nSPS) is 12.1. The van der Waals surface area contributed by atoms with Gasteiger partial charge in [-0.2, -0.15) is 0 Å². The van der Waals surface area contributed by atoms with E-state index in [1.165, 1.54) is 12.1 Å². The average molecular weight is 370 g/mol. The van der Waals surface area contributed by atoms with Gasteiger partial charge in [0.1, 0.15) is 5.82 Å². The van der Waals surface area contributed by atoms with Crippen molar-refractivity contribution in [3.05, 3.63) is 63.9 Å². The van der Waals surface area contributed by atoms with Gasteiger partial charge in [0.2, 0.25) is 0 Å². The second kappa shape index (κ2) is 8.33. The summed E-state index contributed by atoms with van der Waals surface area (Å²) in [5, 5.41) is 6.28. The molecule has 0 spiro atoms. The molecule has 24 heavy (non-hydrogen) atoms. The summed E-state index contributed by atoms with van der Waals surface area (Å²) in [5.74, 6) is -0.290. The van der Waals surface area contributed by atoms with Gasteiger partial charge in [0, 0.05) is 12.2 Å². The van der Waals surface area contributed by atoms with E-state index < -0.39 is 0 Å². The van der Waals surface area contributed by atoms with Crippen LogP contribution in [-0.2, 0) is 0 Å². The van der Waals surface area contributed by atoms with Crippen LogP contribution >= 0.6 is 23.2 Å². The lowest BCUT2D eigenvalue weighted by Gasteiger charge is -2.25. The van der Waals surface area contributed by atoms with Gasteiger partial charge in [0.15, 0.2) is 0 Å². The minimum Gasteiger partial charge on any atom is -0.336 e. The summed E-state index contributed by atoms with van der Waals surface area (Å²) in [7, 11) is 3.79. The van der Waals surface area contributed by atoms with E-state index in [-0.39, 0.29) is 17.9 Å². The lowest BCUT2D eigenvalue weighted by atomic mass is 10.1. The number of benzene rings is 2. The molecular weight excluding hydrogens is 352 g/mol. The smallest absolute Gasteiger partial charge is 0.319 e. The van der Waals surface area contributed by atoms with Gasteiger partial charge in [-0.3, -0.25) is 0 Å². The van der Waals surface area contributed by atoms with Crippen molar-refractivity contribution in [1.29, 1.82) is 0 Å². The number of nitrogens with one attached hydrogen (secondary N) is 2. The molecule has 0 aliphatic rings. The molecule has 4 nitrogen and oxygen atoms in total. The first-order chi connectivity index (χ1) is 11.4. The van der Waals surface area contributed by atoms with Crippen molar-refractivity contribution in [2.45, 2.75) is 6.04 Å². The zero-order valence-electron chi connectivity index (χ0n) is 13.3. The van der Waals surface area contributed by atoms with E-state index >= 15 is 0 Å². The van der Waals surface area contributed by atoms with E-state index in [9.17, 15) is 9.18 Å². The first-order valence-electron chi connectivity index (χ1n) is 7.28. The number of nitrogens with zero attached hydrogens (tertiary/aromatic N) is 1. The molecule has 2 aromatic rings. The Morgan fingerprint density at radius 1 is 1.12 bits per heavy atom. The van der Waals surface area contributed by atoms with Crippen molar-refractivity contribution >= 4 is 34.9 Å². The highest BCUT2D eigenvalue weighted by atomic mass is 35.5. The first kappa shape index (κ1) is 18.5. The van der Waals surface area contributed by atoms with Crippen LogP contribution in [0, 0.1) is 5.82 Å². The van der Waals surface area contributed by atoms with Crippen LogP contribution in [0.3, 0.4) is 0 Å². The molecule has 0 aromatic heterocycles. The Hall–Kier alpha value is -1.82. The second-order valence-corrected chi connectivity index (χ2v) is 6.31. The number of anilines is 1. The molecule has 0 fully saturated rings. The van der Waals surface area contributed by atoms with Crippen molar-refractivity contribution in [2.24, 2.45) is 0 Å². The van der Waals surface area contributed by atoms with Gasteiger partial charge >= 0.3 is 6.03 Å². The second-order valence-electron chi connectivity index (χ2n) is 5.49. The van der Waals surface area contributed by atoms with Gasteiger partial charge in [-0.25, -0.2) is 9.18 Å². The summed E-state index contributed by atoms with van der Waals surface area (Å²) in [6.07, 6.45) is 0. The molecular formula is C17H18Cl2FN3O. The van der Waals surface area contributed by atoms with Crippen LogP contribution in [-0.4, -0.2) is 31.6 Å². The van der Waals surface area contributed by atoms with Crippen LogP contribution in [0.15, 0.2) is 42.5 Å². The Morgan fingerprint density at radius 3 is 2.38 bits per heavy atom. The quantitative estimate of drug-likeness (QED) is 0.811. The Bertz CT molecular complexity index is 707. The average Bonchev–Trinajstić information content (AvgIpc) is 2.52. The van der Waals surface area contributed by atoms with Crippen molar-refractivity contribution in [2.75, 3.05) is 26.0 Å². The van der Waals surface area contributed by atoms with E-state index in [0.29, 0.717) is 22.3 Å². The number of amides is 2. The van der Waals surface area contributed by atoms with Crippen molar-refractivity contribution in [1.82, 2.24) is 10.2 Å². The fourth-order valence-corrected chi connectivity index (χ4v) is 2.52. The number of carbonyl (C=O) groups is 1. The Morgan fingerprint density at radius 2 is 1.79 bits per heavy atom. The molecule has 2 aromatic carbocycles. The largest absolute Gasteiger partial charge is 0.336 e. The maximum Gasteiger partial charge on any atom is 0.319 e. The maximum atomic E-state index is 13.1. The predicted molar refractivity (Wildman–Crippen MR) is 96.3 cm³/mol. The highest BCUT2D eigenvalue weighted by Gasteiger charge is 2.15. The fraction of sp³-hybridized carbons (Fsp3) is 0.235. The molecule has 0 heterocycles. The van der Waals surface area contributed by atoms with Crippen LogP contribution < -0.4 is 10.6 Å². The topological polar surface area (TPSA) is 44.4 Å². The molecule has 1 atom stereocenters. The fourth-order valence-electron chi connectivity index (χ4n) is 2.22. The first-order valence-corrected chi connectivity index (χ1v) is 8.04. The van der Waals surface area contributed by atoms with E-state index in [1.807, 2.05) is 19.0 Å². The van der Waals surface area contributed by atoms with E-state index in [2.05, 4.69) is 10.6 Å². The molecule has 0 bridgehead atoms. The van der Waals surface area contributed by atoms with Gasteiger partial charge in [-0.1, -0.05) is 35.3 Å². The Balaban J connectivity index is 1.97. The van der Waals surface area contributed by atoms with E-state index in [1.54, 1.807) is 30.3 Å². The predicted octanol–water partition coefficient (Wildman–Crippen LogP) is 4.56. The summed E-state index contributed by atoms with van der Waals surface area (Å²) in [6.45, 7) is 0.367. The monoisotopic (exact) mass is 369 g/mol. The van der Waals surface area contributed by atoms with Gasteiger partial charge in [0.25, 0.3) is 0 Å². The lowest BCUT2D eigenvalue weighted by Crippen LogP contribution is -2.36. The number of rotatable bonds is 5. The maximum absolute atomic E-state index is 13.1. The highest BCUT2D eigenvalue weighted by Crippen LogP contribution is 2.25. The van der Waals surface area contributed by atoms with Crippen molar-refractivity contribution in [3.63, 3.8) is 0 Å². The summed E-state index contributed by atoms with van der Waals surface area (Å²) in [5.41, 5.74) is 1.46. The zero-order valence-corrected chi connectivity index (χ0v) is 14.8. The van der Waals surface area contributed by atoms with Crippen LogP contribution in [0.25, 0.3) is 0 Å². The Labute approximate surface area is 150 Å².